The van der Waals surface area contributed by atoms with E-state index in [1.807, 2.05) is 25.1 Å². The molecular formula is C15H21NO4. The summed E-state index contributed by atoms with van der Waals surface area (Å²) < 4.78 is 10.8. The summed E-state index contributed by atoms with van der Waals surface area (Å²) in [5.41, 5.74) is 1.73. The van der Waals surface area contributed by atoms with Crippen LogP contribution in [0.15, 0.2) is 18.2 Å². The number of hydrogen-bond donors (Lipinski definition) is 1. The molecule has 1 aliphatic rings. The first kappa shape index (κ1) is 14.8. The summed E-state index contributed by atoms with van der Waals surface area (Å²) >= 11 is 0. The van der Waals surface area contributed by atoms with Crippen molar-refractivity contribution in [3.05, 3.63) is 29.3 Å². The molecule has 5 heteroatoms. The summed E-state index contributed by atoms with van der Waals surface area (Å²) in [6.45, 7) is 6.00. The first-order valence-corrected chi connectivity index (χ1v) is 6.85. The number of carbonyl (C=O) groups excluding carboxylic acids is 1. The minimum absolute atomic E-state index is 0.0107. The Morgan fingerprint density at radius 1 is 1.45 bits per heavy atom. The highest BCUT2D eigenvalue weighted by Gasteiger charge is 2.18. The molecule has 1 aliphatic heterocycles. The van der Waals surface area contributed by atoms with Crippen LogP contribution in [0.25, 0.3) is 0 Å². The van der Waals surface area contributed by atoms with Crippen molar-refractivity contribution >= 4 is 5.91 Å². The molecule has 0 saturated carbocycles. The molecule has 110 valence electrons. The van der Waals surface area contributed by atoms with Gasteiger partial charge in [0.15, 0.2) is 6.61 Å². The van der Waals surface area contributed by atoms with E-state index >= 15 is 0 Å². The van der Waals surface area contributed by atoms with Crippen LogP contribution in [0.5, 0.6) is 5.75 Å². The lowest BCUT2D eigenvalue weighted by Gasteiger charge is -2.27. The maximum atomic E-state index is 12.0. The molecule has 5 nitrogen and oxygen atoms in total. The Bertz CT molecular complexity index is 467. The summed E-state index contributed by atoms with van der Waals surface area (Å²) in [4.78, 5) is 13.8. The fraction of sp³-hybridized carbons (Fsp3) is 0.533. The zero-order valence-corrected chi connectivity index (χ0v) is 12.0. The van der Waals surface area contributed by atoms with E-state index in [1.54, 1.807) is 11.8 Å². The molecule has 1 N–H and O–H groups in total. The van der Waals surface area contributed by atoms with Gasteiger partial charge >= 0.3 is 0 Å². The Labute approximate surface area is 119 Å². The van der Waals surface area contributed by atoms with E-state index < -0.39 is 6.10 Å². The van der Waals surface area contributed by atoms with Gasteiger partial charge in [0.25, 0.3) is 5.91 Å². The van der Waals surface area contributed by atoms with E-state index in [-0.39, 0.29) is 12.5 Å². The fourth-order valence-corrected chi connectivity index (χ4v) is 2.16. The number of amides is 1. The van der Waals surface area contributed by atoms with E-state index in [9.17, 15) is 9.90 Å². The standard InChI is InChI=1S/C15H21NO4/c1-11-3-4-13(12(2)17)14(9-11)20-10-15(18)16-5-7-19-8-6-16/h3-4,9,12,17H,5-8,10H2,1-2H3/t12-/m1/s1. The quantitative estimate of drug-likeness (QED) is 0.902. The number of aliphatic hydroxyl groups is 1. The van der Waals surface area contributed by atoms with Gasteiger partial charge in [-0.2, -0.15) is 0 Å². The molecule has 0 aliphatic carbocycles. The summed E-state index contributed by atoms with van der Waals surface area (Å²) in [6.07, 6.45) is -0.621. The van der Waals surface area contributed by atoms with Crippen LogP contribution in [0.1, 0.15) is 24.2 Å². The van der Waals surface area contributed by atoms with Gasteiger partial charge in [0.1, 0.15) is 5.75 Å². The van der Waals surface area contributed by atoms with Crippen molar-refractivity contribution in [1.82, 2.24) is 4.90 Å². The molecular weight excluding hydrogens is 258 g/mol. The Morgan fingerprint density at radius 2 is 2.15 bits per heavy atom. The van der Waals surface area contributed by atoms with Gasteiger partial charge in [-0.1, -0.05) is 12.1 Å². The molecule has 1 aromatic carbocycles. The molecule has 0 aromatic heterocycles. The number of benzene rings is 1. The summed E-state index contributed by atoms with van der Waals surface area (Å²) in [5, 5.41) is 9.72. The number of aliphatic hydroxyl groups excluding tert-OH is 1. The number of carbonyl (C=O) groups is 1. The molecule has 1 amide bonds. The van der Waals surface area contributed by atoms with E-state index in [2.05, 4.69) is 0 Å². The van der Waals surface area contributed by atoms with Gasteiger partial charge in [-0.05, 0) is 25.5 Å². The molecule has 1 heterocycles. The zero-order valence-electron chi connectivity index (χ0n) is 12.0. The highest BCUT2D eigenvalue weighted by atomic mass is 16.5. The maximum absolute atomic E-state index is 12.0. The van der Waals surface area contributed by atoms with E-state index in [0.717, 1.165) is 5.56 Å². The molecule has 2 rings (SSSR count). The zero-order chi connectivity index (χ0) is 14.5. The van der Waals surface area contributed by atoms with Gasteiger partial charge in [0.2, 0.25) is 0 Å². The number of aryl methyl sites for hydroxylation is 1. The van der Waals surface area contributed by atoms with Crippen molar-refractivity contribution in [2.75, 3.05) is 32.9 Å². The Balaban J connectivity index is 1.99. The third-order valence-corrected chi connectivity index (χ3v) is 3.33. The topological polar surface area (TPSA) is 59.0 Å². The molecule has 20 heavy (non-hydrogen) atoms. The summed E-state index contributed by atoms with van der Waals surface area (Å²) in [5.74, 6) is 0.521. The molecule has 1 aromatic rings. The van der Waals surface area contributed by atoms with Crippen LogP contribution in [0.2, 0.25) is 0 Å². The highest BCUT2D eigenvalue weighted by molar-refractivity contribution is 5.77. The van der Waals surface area contributed by atoms with Gasteiger partial charge in [-0.15, -0.1) is 0 Å². The number of ether oxygens (including phenoxy) is 2. The van der Waals surface area contributed by atoms with Crippen LogP contribution >= 0.6 is 0 Å². The van der Waals surface area contributed by atoms with Crippen molar-refractivity contribution in [2.24, 2.45) is 0 Å². The number of morpholine rings is 1. The SMILES string of the molecule is Cc1ccc([C@@H](C)O)c(OCC(=O)N2CCOCC2)c1. The van der Waals surface area contributed by atoms with Gasteiger partial charge in [-0.25, -0.2) is 0 Å². The number of rotatable bonds is 4. The maximum Gasteiger partial charge on any atom is 0.260 e. The van der Waals surface area contributed by atoms with Gasteiger partial charge in [0.05, 0.1) is 19.3 Å². The Hall–Kier alpha value is -1.59. The first-order chi connectivity index (χ1) is 9.58. The Morgan fingerprint density at radius 3 is 2.80 bits per heavy atom. The van der Waals surface area contributed by atoms with Gasteiger partial charge in [0, 0.05) is 18.7 Å². The van der Waals surface area contributed by atoms with E-state index in [4.69, 9.17) is 9.47 Å². The minimum atomic E-state index is -0.621. The second-order valence-corrected chi connectivity index (χ2v) is 5.00. The third kappa shape index (κ3) is 3.71. The monoisotopic (exact) mass is 279 g/mol. The third-order valence-electron chi connectivity index (χ3n) is 3.33. The van der Waals surface area contributed by atoms with Crippen molar-refractivity contribution in [3.63, 3.8) is 0 Å². The van der Waals surface area contributed by atoms with Crippen LogP contribution in [-0.2, 0) is 9.53 Å². The Kier molecular flexibility index (Phi) is 4.98. The van der Waals surface area contributed by atoms with Crippen LogP contribution < -0.4 is 4.74 Å². The molecule has 1 saturated heterocycles. The molecule has 0 unspecified atom stereocenters. The van der Waals surface area contributed by atoms with Crippen molar-refractivity contribution < 1.29 is 19.4 Å². The fourth-order valence-electron chi connectivity index (χ4n) is 2.16. The van der Waals surface area contributed by atoms with E-state index in [0.29, 0.717) is 37.6 Å². The molecule has 0 bridgehead atoms. The average Bonchev–Trinajstić information content (AvgIpc) is 2.45. The van der Waals surface area contributed by atoms with Crippen LogP contribution in [0.3, 0.4) is 0 Å². The lowest BCUT2D eigenvalue weighted by molar-refractivity contribution is -0.137. The lowest BCUT2D eigenvalue weighted by atomic mass is 10.1. The van der Waals surface area contributed by atoms with Crippen molar-refractivity contribution in [1.29, 1.82) is 0 Å². The first-order valence-electron chi connectivity index (χ1n) is 6.85. The van der Waals surface area contributed by atoms with Gasteiger partial charge < -0.3 is 19.5 Å². The normalized spacial score (nSPS) is 16.9. The highest BCUT2D eigenvalue weighted by Crippen LogP contribution is 2.26. The smallest absolute Gasteiger partial charge is 0.260 e. The van der Waals surface area contributed by atoms with Crippen molar-refractivity contribution in [3.8, 4) is 5.75 Å². The number of hydrogen-bond acceptors (Lipinski definition) is 4. The van der Waals surface area contributed by atoms with Crippen LogP contribution in [0, 0.1) is 6.92 Å². The summed E-state index contributed by atoms with van der Waals surface area (Å²) in [7, 11) is 0. The molecule has 0 spiro atoms. The van der Waals surface area contributed by atoms with Crippen molar-refractivity contribution in [2.45, 2.75) is 20.0 Å². The lowest BCUT2D eigenvalue weighted by Crippen LogP contribution is -2.43. The number of nitrogens with zero attached hydrogens (tertiary/aromatic N) is 1. The second-order valence-electron chi connectivity index (χ2n) is 5.00. The van der Waals surface area contributed by atoms with Crippen LogP contribution in [-0.4, -0.2) is 48.8 Å². The second kappa shape index (κ2) is 6.72. The largest absolute Gasteiger partial charge is 0.483 e. The summed E-state index contributed by atoms with van der Waals surface area (Å²) in [6, 6.07) is 5.59. The van der Waals surface area contributed by atoms with Gasteiger partial charge in [-0.3, -0.25) is 4.79 Å². The molecule has 1 atom stereocenters. The van der Waals surface area contributed by atoms with Crippen LogP contribution in [0.4, 0.5) is 0 Å². The van der Waals surface area contributed by atoms with E-state index in [1.165, 1.54) is 0 Å². The predicted molar refractivity (Wildman–Crippen MR) is 74.7 cm³/mol. The molecule has 1 fully saturated rings. The molecule has 0 radical (unpaired) electrons. The predicted octanol–water partition coefficient (Wildman–Crippen LogP) is 1.29. The minimum Gasteiger partial charge on any atom is -0.483 e. The average molecular weight is 279 g/mol.